The smallest absolute Gasteiger partial charge is 0.0992 e. The molecule has 0 aliphatic carbocycles. The van der Waals surface area contributed by atoms with Gasteiger partial charge >= 0.3 is 0 Å². The Labute approximate surface area is 109 Å². The highest BCUT2D eigenvalue weighted by Crippen LogP contribution is 2.24. The summed E-state index contributed by atoms with van der Waals surface area (Å²) in [5.74, 6) is 0. The second-order valence-corrected chi connectivity index (χ2v) is 4.75. The summed E-state index contributed by atoms with van der Waals surface area (Å²) in [5.41, 5.74) is 1.49. The Bertz CT molecular complexity index is 396. The molecule has 1 rings (SSSR count). The van der Waals surface area contributed by atoms with Crippen molar-refractivity contribution in [2.24, 2.45) is 0 Å². The van der Waals surface area contributed by atoms with E-state index in [1.165, 1.54) is 19.3 Å². The molecule has 1 atom stereocenters. The zero-order chi connectivity index (χ0) is 12.7. The molecule has 1 aromatic carbocycles. The van der Waals surface area contributed by atoms with E-state index in [1.807, 2.05) is 0 Å². The lowest BCUT2D eigenvalue weighted by molar-refractivity contribution is 0.615. The van der Waals surface area contributed by atoms with Crippen LogP contribution in [-0.2, 0) is 0 Å². The fraction of sp³-hybridized carbons (Fsp3) is 0.500. The second kappa shape index (κ2) is 7.19. The first kappa shape index (κ1) is 13.9. The van der Waals surface area contributed by atoms with Crippen LogP contribution in [0.3, 0.4) is 0 Å². The standard InChI is InChI=1S/C14H19ClN2/c1-3-4-5-6-11(2)17-14-9-12(10-16)7-8-13(14)15/h7-9,11,17H,3-6H2,1-2H3. The van der Waals surface area contributed by atoms with Gasteiger partial charge in [0.25, 0.3) is 0 Å². The third-order valence-corrected chi connectivity index (χ3v) is 3.07. The molecule has 0 fully saturated rings. The minimum absolute atomic E-state index is 0.382. The Morgan fingerprint density at radius 1 is 1.41 bits per heavy atom. The molecule has 0 spiro atoms. The van der Waals surface area contributed by atoms with Gasteiger partial charge in [0, 0.05) is 6.04 Å². The van der Waals surface area contributed by atoms with Gasteiger partial charge in [0.1, 0.15) is 0 Å². The third kappa shape index (κ3) is 4.66. The molecule has 1 N–H and O–H groups in total. The molecule has 0 bridgehead atoms. The Morgan fingerprint density at radius 3 is 2.82 bits per heavy atom. The van der Waals surface area contributed by atoms with Crippen LogP contribution in [0.5, 0.6) is 0 Å². The first-order valence-corrected chi connectivity index (χ1v) is 6.51. The van der Waals surface area contributed by atoms with Gasteiger partial charge < -0.3 is 5.32 Å². The molecular weight excluding hydrogens is 232 g/mol. The normalized spacial score (nSPS) is 11.9. The molecule has 0 saturated carbocycles. The number of benzene rings is 1. The van der Waals surface area contributed by atoms with E-state index in [4.69, 9.17) is 16.9 Å². The van der Waals surface area contributed by atoms with Gasteiger partial charge in [0.15, 0.2) is 0 Å². The number of nitrogens with zero attached hydrogens (tertiary/aromatic N) is 1. The van der Waals surface area contributed by atoms with E-state index in [0.717, 1.165) is 12.1 Å². The van der Waals surface area contributed by atoms with Crippen molar-refractivity contribution in [3.8, 4) is 6.07 Å². The molecule has 3 heteroatoms. The average molecular weight is 251 g/mol. The summed E-state index contributed by atoms with van der Waals surface area (Å²) in [6, 6.07) is 7.80. The van der Waals surface area contributed by atoms with E-state index < -0.39 is 0 Å². The number of anilines is 1. The molecule has 1 unspecified atom stereocenters. The van der Waals surface area contributed by atoms with Crippen LogP contribution >= 0.6 is 11.6 Å². The third-order valence-electron chi connectivity index (χ3n) is 2.74. The predicted molar refractivity (Wildman–Crippen MR) is 73.4 cm³/mol. The van der Waals surface area contributed by atoms with Crippen LogP contribution < -0.4 is 5.32 Å². The highest BCUT2D eigenvalue weighted by Gasteiger charge is 2.06. The molecule has 0 radical (unpaired) electrons. The van der Waals surface area contributed by atoms with Crippen molar-refractivity contribution in [1.29, 1.82) is 5.26 Å². The van der Waals surface area contributed by atoms with Gasteiger partial charge in [0.05, 0.1) is 22.3 Å². The van der Waals surface area contributed by atoms with Gasteiger partial charge in [-0.3, -0.25) is 0 Å². The molecule has 0 aromatic heterocycles. The minimum Gasteiger partial charge on any atom is -0.381 e. The lowest BCUT2D eigenvalue weighted by Gasteiger charge is -2.16. The molecule has 0 saturated heterocycles. The summed E-state index contributed by atoms with van der Waals surface area (Å²) in [4.78, 5) is 0. The van der Waals surface area contributed by atoms with Crippen molar-refractivity contribution in [1.82, 2.24) is 0 Å². The number of hydrogen-bond donors (Lipinski definition) is 1. The number of rotatable bonds is 6. The highest BCUT2D eigenvalue weighted by molar-refractivity contribution is 6.33. The molecule has 17 heavy (non-hydrogen) atoms. The Hall–Kier alpha value is -1.20. The fourth-order valence-electron chi connectivity index (χ4n) is 1.74. The summed E-state index contributed by atoms with van der Waals surface area (Å²) in [5, 5.41) is 12.9. The lowest BCUT2D eigenvalue weighted by atomic mass is 10.1. The SMILES string of the molecule is CCCCCC(C)Nc1cc(C#N)ccc1Cl. The van der Waals surface area contributed by atoms with E-state index in [9.17, 15) is 0 Å². The molecular formula is C14H19ClN2. The van der Waals surface area contributed by atoms with Crippen molar-refractivity contribution < 1.29 is 0 Å². The lowest BCUT2D eigenvalue weighted by Crippen LogP contribution is -2.15. The van der Waals surface area contributed by atoms with E-state index >= 15 is 0 Å². The highest BCUT2D eigenvalue weighted by atomic mass is 35.5. The van der Waals surface area contributed by atoms with E-state index in [1.54, 1.807) is 18.2 Å². The van der Waals surface area contributed by atoms with E-state index in [0.29, 0.717) is 16.6 Å². The quantitative estimate of drug-likeness (QED) is 0.750. The number of unbranched alkanes of at least 4 members (excludes halogenated alkanes) is 2. The molecule has 92 valence electrons. The van der Waals surface area contributed by atoms with Crippen LogP contribution in [0.15, 0.2) is 18.2 Å². The summed E-state index contributed by atoms with van der Waals surface area (Å²) < 4.78 is 0. The molecule has 0 amide bonds. The van der Waals surface area contributed by atoms with Gasteiger partial charge in [-0.15, -0.1) is 0 Å². The predicted octanol–water partition coefficient (Wildman–Crippen LogP) is 4.59. The number of nitrogens with one attached hydrogen (secondary N) is 1. The van der Waals surface area contributed by atoms with Crippen LogP contribution in [0.1, 0.15) is 45.1 Å². The van der Waals surface area contributed by atoms with Crippen molar-refractivity contribution in [2.75, 3.05) is 5.32 Å². The number of hydrogen-bond acceptors (Lipinski definition) is 2. The summed E-state index contributed by atoms with van der Waals surface area (Å²) in [6.07, 6.45) is 4.84. The largest absolute Gasteiger partial charge is 0.381 e. The van der Waals surface area contributed by atoms with Gasteiger partial charge in [-0.2, -0.15) is 5.26 Å². The number of nitriles is 1. The molecule has 0 aliphatic rings. The first-order chi connectivity index (χ1) is 8.17. The maximum Gasteiger partial charge on any atom is 0.0992 e. The maximum atomic E-state index is 8.84. The zero-order valence-electron chi connectivity index (χ0n) is 10.5. The fourth-order valence-corrected chi connectivity index (χ4v) is 1.92. The Kier molecular flexibility index (Phi) is 5.86. The van der Waals surface area contributed by atoms with Crippen molar-refractivity contribution in [3.05, 3.63) is 28.8 Å². The van der Waals surface area contributed by atoms with Crippen LogP contribution in [-0.4, -0.2) is 6.04 Å². The summed E-state index contributed by atoms with van der Waals surface area (Å²) in [6.45, 7) is 4.34. The van der Waals surface area contributed by atoms with Crippen molar-refractivity contribution in [2.45, 2.75) is 45.6 Å². The topological polar surface area (TPSA) is 35.8 Å². The number of halogens is 1. The zero-order valence-corrected chi connectivity index (χ0v) is 11.2. The van der Waals surface area contributed by atoms with E-state index in [2.05, 4.69) is 25.2 Å². The van der Waals surface area contributed by atoms with Crippen molar-refractivity contribution >= 4 is 17.3 Å². The van der Waals surface area contributed by atoms with Gasteiger partial charge in [-0.25, -0.2) is 0 Å². The van der Waals surface area contributed by atoms with Crippen LogP contribution in [0.4, 0.5) is 5.69 Å². The van der Waals surface area contributed by atoms with Gasteiger partial charge in [-0.1, -0.05) is 37.8 Å². The summed E-state index contributed by atoms with van der Waals surface area (Å²) in [7, 11) is 0. The Balaban J connectivity index is 2.58. The van der Waals surface area contributed by atoms with Gasteiger partial charge in [0.2, 0.25) is 0 Å². The van der Waals surface area contributed by atoms with Crippen LogP contribution in [0.2, 0.25) is 5.02 Å². The summed E-state index contributed by atoms with van der Waals surface area (Å²) >= 11 is 6.09. The maximum absolute atomic E-state index is 8.84. The minimum atomic E-state index is 0.382. The van der Waals surface area contributed by atoms with Gasteiger partial charge in [-0.05, 0) is 31.5 Å². The average Bonchev–Trinajstić information content (AvgIpc) is 2.32. The van der Waals surface area contributed by atoms with Crippen molar-refractivity contribution in [3.63, 3.8) is 0 Å². The first-order valence-electron chi connectivity index (χ1n) is 6.13. The van der Waals surface area contributed by atoms with E-state index in [-0.39, 0.29) is 0 Å². The Morgan fingerprint density at radius 2 is 2.18 bits per heavy atom. The second-order valence-electron chi connectivity index (χ2n) is 4.35. The molecule has 2 nitrogen and oxygen atoms in total. The molecule has 1 aromatic rings. The monoisotopic (exact) mass is 250 g/mol. The molecule has 0 aliphatic heterocycles. The van der Waals surface area contributed by atoms with Crippen LogP contribution in [0.25, 0.3) is 0 Å². The molecule has 0 heterocycles. The van der Waals surface area contributed by atoms with Crippen LogP contribution in [0, 0.1) is 11.3 Å².